The minimum atomic E-state index is -0.987. The van der Waals surface area contributed by atoms with E-state index in [4.69, 9.17) is 14.2 Å². The van der Waals surface area contributed by atoms with Crippen molar-refractivity contribution < 1.29 is 52.6 Å². The smallest absolute Gasteiger partial charge is 0.255 e. The predicted molar refractivity (Wildman–Crippen MR) is 394 cm³/mol. The van der Waals surface area contributed by atoms with E-state index in [1.54, 1.807) is 101 Å². The Labute approximate surface area is 613 Å². The fraction of sp³-hybridized carbons (Fsp3) is 0.400. The summed E-state index contributed by atoms with van der Waals surface area (Å²) in [6, 6.07) is 44.0. The van der Waals surface area contributed by atoms with E-state index in [1.807, 2.05) is 143 Å². The largest absolute Gasteiger partial charge is 0.492 e. The molecule has 2 fully saturated rings. The Hall–Kier alpha value is -11.2. The Balaban J connectivity index is 0.758. The summed E-state index contributed by atoms with van der Waals surface area (Å²) in [4.78, 5) is 125. The first kappa shape index (κ1) is 76.4. The lowest BCUT2D eigenvalue weighted by molar-refractivity contribution is -0.149. The summed E-state index contributed by atoms with van der Waals surface area (Å²) in [6.45, 7) is 9.74. The topological polar surface area (TPSA) is 289 Å². The summed E-state index contributed by atoms with van der Waals surface area (Å²) in [6.07, 6.45) is 6.58. The number of para-hydroxylation sites is 3. The minimum Gasteiger partial charge on any atom is -0.492 e. The maximum Gasteiger partial charge on any atom is 0.255 e. The molecule has 25 nitrogen and oxygen atoms in total. The van der Waals surface area contributed by atoms with Gasteiger partial charge in [-0.3, -0.25) is 43.5 Å². The average Bonchev–Trinajstić information content (AvgIpc) is 1.75. The summed E-state index contributed by atoms with van der Waals surface area (Å²) >= 11 is 0. The van der Waals surface area contributed by atoms with Gasteiger partial charge in [-0.15, -0.1) is 10.2 Å². The van der Waals surface area contributed by atoms with Gasteiger partial charge in [0.2, 0.25) is 35.4 Å². The molecule has 4 heterocycles. The number of hydrogen-bond acceptors (Lipinski definition) is 15. The molecule has 6 atom stereocenters. The first-order valence-electron chi connectivity index (χ1n) is 36.1. The van der Waals surface area contributed by atoms with Crippen LogP contribution in [0.5, 0.6) is 17.2 Å². The fourth-order valence-corrected chi connectivity index (χ4v) is 13.5. The van der Waals surface area contributed by atoms with Crippen LogP contribution in [0.1, 0.15) is 121 Å². The van der Waals surface area contributed by atoms with Crippen molar-refractivity contribution in [3.05, 3.63) is 221 Å². The SMILES string of the molecule is CC(C)C[C@@H](NC(=O)c1ccccc1OCc1c[nH]nn1)C(=O)N1CCC[C@@H]1C(=O)N(C)[C@@H](Cc1ccccc1)C(=O)NCCc1cccc(CN(C)C(=O)[C@H](Cc2ccccc2)N(C)C(=O)[C@H]2CCCN2C(=O)[C@@H](CC(C)C)NC(=O)c2ccccc2OCc2cn(CCOc3ccccc3)nn2)c1. The van der Waals surface area contributed by atoms with Crippen LogP contribution in [-0.2, 0) is 74.3 Å². The quantitative estimate of drug-likeness (QED) is 0.0292. The van der Waals surface area contributed by atoms with Gasteiger partial charge >= 0.3 is 0 Å². The van der Waals surface area contributed by atoms with E-state index in [0.717, 1.165) is 28.0 Å². The lowest BCUT2D eigenvalue weighted by Crippen LogP contribution is -2.57. The molecule has 0 aliphatic carbocycles. The van der Waals surface area contributed by atoms with Crippen molar-refractivity contribution in [3.8, 4) is 17.2 Å². The van der Waals surface area contributed by atoms with Crippen LogP contribution in [0, 0.1) is 11.8 Å². The zero-order valence-corrected chi connectivity index (χ0v) is 60.8. The van der Waals surface area contributed by atoms with Gasteiger partial charge in [0.15, 0.2) is 0 Å². The van der Waals surface area contributed by atoms with Crippen molar-refractivity contribution in [3.63, 3.8) is 0 Å². The van der Waals surface area contributed by atoms with Gasteiger partial charge in [0.1, 0.15) is 84.7 Å². The summed E-state index contributed by atoms with van der Waals surface area (Å²) in [5, 5.41) is 27.8. The number of benzene rings is 6. The van der Waals surface area contributed by atoms with E-state index in [1.165, 1.54) is 9.80 Å². The van der Waals surface area contributed by atoms with Gasteiger partial charge in [-0.25, -0.2) is 4.68 Å². The third-order valence-electron chi connectivity index (χ3n) is 18.9. The molecular formula is C80H96N14O11. The third-order valence-corrected chi connectivity index (χ3v) is 18.9. The number of amides is 8. The van der Waals surface area contributed by atoms with Crippen molar-refractivity contribution in [2.24, 2.45) is 11.8 Å². The average molecular weight is 1430 g/mol. The van der Waals surface area contributed by atoms with Crippen LogP contribution in [-0.4, -0.2) is 186 Å². The normalized spacial score (nSPS) is 15.3. The highest BCUT2D eigenvalue weighted by molar-refractivity contribution is 6.02. The Bertz CT molecular complexity index is 4200. The number of rotatable bonds is 35. The van der Waals surface area contributed by atoms with Crippen molar-refractivity contribution in [1.82, 2.24) is 70.9 Å². The Morgan fingerprint density at radius 2 is 1.06 bits per heavy atom. The zero-order valence-electron chi connectivity index (χ0n) is 60.8. The summed E-state index contributed by atoms with van der Waals surface area (Å²) in [5.41, 5.74) is 4.89. The molecule has 8 amide bonds. The van der Waals surface area contributed by atoms with Gasteiger partial charge < -0.3 is 54.7 Å². The molecule has 2 aliphatic heterocycles. The molecule has 105 heavy (non-hydrogen) atoms. The Morgan fingerprint density at radius 1 is 0.562 bits per heavy atom. The molecule has 0 radical (unpaired) electrons. The molecule has 552 valence electrons. The number of ether oxygens (including phenoxy) is 3. The summed E-state index contributed by atoms with van der Waals surface area (Å²) in [5.74, 6) is -1.96. The second-order valence-electron chi connectivity index (χ2n) is 27.7. The van der Waals surface area contributed by atoms with E-state index in [9.17, 15) is 33.6 Å². The van der Waals surface area contributed by atoms with Gasteiger partial charge in [0.05, 0.1) is 23.9 Å². The fourth-order valence-electron chi connectivity index (χ4n) is 13.5. The Morgan fingerprint density at radius 3 is 1.60 bits per heavy atom. The highest BCUT2D eigenvalue weighted by atomic mass is 16.5. The predicted octanol–water partition coefficient (Wildman–Crippen LogP) is 8.06. The number of hydrogen-bond donors (Lipinski definition) is 4. The van der Waals surface area contributed by atoms with Crippen LogP contribution in [0.2, 0.25) is 0 Å². The number of aromatic nitrogens is 6. The van der Waals surface area contributed by atoms with Crippen LogP contribution < -0.4 is 30.2 Å². The number of H-pyrrole nitrogens is 1. The van der Waals surface area contributed by atoms with Gasteiger partial charge in [-0.05, 0) is 115 Å². The first-order chi connectivity index (χ1) is 50.8. The standard InChI is InChI=1S/C80H96N14O11/c1-54(2)44-65(83-73(95)63-32-17-19-36-71(63)104-52-60-49-82-87-85-60)76(98)93-40-22-34-67(93)79(101)90(6)69(47-56-24-11-8-12-25-56)75(97)81-39-38-58-28-21-29-59(46-58)50-89(5)78(100)70(48-57-26-13-9-14-27-57)91(7)80(102)68-35-23-41-94(68)77(99)66(45-55(3)4)84-74(96)64-33-18-20-37-72(64)105-53-61-51-92(88-86-61)42-43-103-62-30-15-10-16-31-62/h8-21,24-33,36-37,46,49,51,54-55,65-70H,22-23,34-35,38-45,47-48,50,52-53H2,1-7H3,(H,81,97)(H,83,95)(H,84,96)(H,82,85,87)/t65-,66-,67-,68-,69+,70+/m1/s1. The maximum absolute atomic E-state index is 15.0. The molecule has 6 aromatic carbocycles. The number of nitrogens with zero attached hydrogens (tertiary/aromatic N) is 10. The van der Waals surface area contributed by atoms with Gasteiger partial charge in [0.25, 0.3) is 11.8 Å². The maximum atomic E-state index is 15.0. The van der Waals surface area contributed by atoms with E-state index >= 15 is 4.79 Å². The van der Waals surface area contributed by atoms with E-state index in [2.05, 4.69) is 41.7 Å². The first-order valence-corrected chi connectivity index (χ1v) is 36.1. The highest BCUT2D eigenvalue weighted by Gasteiger charge is 2.44. The van der Waals surface area contributed by atoms with Gasteiger partial charge in [0, 0.05) is 66.4 Å². The lowest BCUT2D eigenvalue weighted by atomic mass is 10.0. The molecule has 25 heteroatoms. The molecule has 0 saturated carbocycles. The van der Waals surface area contributed by atoms with Crippen molar-refractivity contribution in [2.45, 2.75) is 148 Å². The van der Waals surface area contributed by atoms with Crippen molar-refractivity contribution in [1.29, 1.82) is 0 Å². The molecular weight excluding hydrogens is 1330 g/mol. The number of aromatic amines is 1. The molecule has 4 N–H and O–H groups in total. The zero-order chi connectivity index (χ0) is 74.4. The second kappa shape index (κ2) is 37.3. The molecule has 2 aromatic heterocycles. The van der Waals surface area contributed by atoms with Crippen LogP contribution in [0.3, 0.4) is 0 Å². The molecule has 0 unspecified atom stereocenters. The van der Waals surface area contributed by atoms with E-state index in [0.29, 0.717) is 81.8 Å². The molecule has 10 rings (SSSR count). The van der Waals surface area contributed by atoms with Crippen LogP contribution in [0.15, 0.2) is 176 Å². The van der Waals surface area contributed by atoms with Crippen LogP contribution >= 0.6 is 0 Å². The third kappa shape index (κ3) is 21.0. The molecule has 2 aliphatic rings. The number of likely N-dealkylation sites (tertiary alicyclic amines) is 2. The monoisotopic (exact) mass is 1430 g/mol. The van der Waals surface area contributed by atoms with Crippen LogP contribution in [0.25, 0.3) is 0 Å². The Kier molecular flexibility index (Phi) is 27.1. The van der Waals surface area contributed by atoms with Gasteiger partial charge in [-0.1, -0.05) is 166 Å². The molecule has 0 bridgehead atoms. The lowest BCUT2D eigenvalue weighted by Gasteiger charge is -2.35. The van der Waals surface area contributed by atoms with Crippen LogP contribution in [0.4, 0.5) is 0 Å². The second-order valence-corrected chi connectivity index (χ2v) is 27.7. The van der Waals surface area contributed by atoms with Crippen molar-refractivity contribution in [2.75, 3.05) is 47.4 Å². The molecule has 2 saturated heterocycles. The summed E-state index contributed by atoms with van der Waals surface area (Å²) in [7, 11) is 4.91. The number of nitrogens with one attached hydrogen (secondary N) is 4. The highest BCUT2D eigenvalue weighted by Crippen LogP contribution is 2.29. The van der Waals surface area contributed by atoms with Gasteiger partial charge in [-0.2, -0.15) is 0 Å². The summed E-state index contributed by atoms with van der Waals surface area (Å²) < 4.78 is 19.6. The van der Waals surface area contributed by atoms with E-state index < -0.39 is 65.8 Å². The molecule has 0 spiro atoms. The number of carbonyl (C=O) groups is 8. The molecule has 8 aromatic rings. The van der Waals surface area contributed by atoms with Crippen molar-refractivity contribution >= 4 is 47.3 Å². The minimum absolute atomic E-state index is 0.000917. The van der Waals surface area contributed by atoms with E-state index in [-0.39, 0.29) is 92.1 Å². The number of likely N-dealkylation sites (N-methyl/N-ethyl adjacent to an activating group) is 3. The number of carbonyl (C=O) groups excluding carboxylic acids is 8.